The molecule has 1 aromatic heterocycles. The summed E-state index contributed by atoms with van der Waals surface area (Å²) in [5.74, 6) is 0.946. The monoisotopic (exact) mass is 349 g/mol. The molecule has 0 aliphatic carbocycles. The summed E-state index contributed by atoms with van der Waals surface area (Å²) in [4.78, 5) is 20.2. The molecule has 24 heavy (non-hydrogen) atoms. The number of nitro groups is 1. The molecule has 126 valence electrons. The smallest absolute Gasteiger partial charge is 0.329 e. The maximum absolute atomic E-state index is 10.8. The number of rotatable bonds is 4. The van der Waals surface area contributed by atoms with Gasteiger partial charge in [0, 0.05) is 25.9 Å². The first-order valence-electron chi connectivity index (χ1n) is 7.47. The van der Waals surface area contributed by atoms with E-state index in [0.29, 0.717) is 29.8 Å². The van der Waals surface area contributed by atoms with Gasteiger partial charge in [-0.3, -0.25) is 10.1 Å². The highest BCUT2D eigenvalue weighted by atomic mass is 35.5. The van der Waals surface area contributed by atoms with Crippen LogP contribution in [-0.4, -0.2) is 34.1 Å². The van der Waals surface area contributed by atoms with Gasteiger partial charge in [-0.05, 0) is 12.1 Å². The van der Waals surface area contributed by atoms with Gasteiger partial charge in [0.2, 0.25) is 11.8 Å². The number of para-hydroxylation sites is 1. The largest absolute Gasteiger partial charge is 0.489 e. The molecule has 0 saturated carbocycles. The van der Waals surface area contributed by atoms with Gasteiger partial charge in [0.05, 0.1) is 9.95 Å². The van der Waals surface area contributed by atoms with Crippen LogP contribution < -0.4 is 15.4 Å². The third kappa shape index (κ3) is 3.48. The van der Waals surface area contributed by atoms with Crippen molar-refractivity contribution in [1.29, 1.82) is 0 Å². The van der Waals surface area contributed by atoms with Gasteiger partial charge in [0.25, 0.3) is 0 Å². The molecule has 9 heteroatoms. The normalized spacial score (nSPS) is 15.3. The Balaban J connectivity index is 1.62. The van der Waals surface area contributed by atoms with E-state index in [1.165, 1.54) is 0 Å². The molecular weight excluding hydrogens is 334 g/mol. The molecule has 1 saturated heterocycles. The number of halogens is 1. The summed E-state index contributed by atoms with van der Waals surface area (Å²) in [5, 5.41) is 11.3. The highest BCUT2D eigenvalue weighted by Gasteiger charge is 2.24. The fourth-order valence-electron chi connectivity index (χ4n) is 2.57. The lowest BCUT2D eigenvalue weighted by Gasteiger charge is -2.32. The number of piperidine rings is 1. The van der Waals surface area contributed by atoms with Crippen LogP contribution in [0.1, 0.15) is 12.8 Å². The number of nitrogens with two attached hydrogens (primary N) is 1. The molecule has 0 radical (unpaired) electrons. The molecule has 0 amide bonds. The molecule has 1 aliphatic heterocycles. The minimum absolute atomic E-state index is 0.0524. The van der Waals surface area contributed by atoms with E-state index in [9.17, 15) is 10.1 Å². The summed E-state index contributed by atoms with van der Waals surface area (Å²) in [7, 11) is 0. The number of nitrogens with zero attached hydrogens (tertiary/aromatic N) is 4. The Hall–Kier alpha value is -2.61. The maximum Gasteiger partial charge on any atom is 0.329 e. The highest BCUT2D eigenvalue weighted by Crippen LogP contribution is 2.28. The maximum atomic E-state index is 10.8. The predicted molar refractivity (Wildman–Crippen MR) is 90.4 cm³/mol. The Morgan fingerprint density at radius 2 is 2.04 bits per heavy atom. The molecule has 0 unspecified atom stereocenters. The van der Waals surface area contributed by atoms with Crippen LogP contribution in [0.5, 0.6) is 5.75 Å². The zero-order valence-electron chi connectivity index (χ0n) is 12.8. The molecule has 2 N–H and O–H groups in total. The molecule has 2 heterocycles. The van der Waals surface area contributed by atoms with Crippen LogP contribution in [0.25, 0.3) is 0 Å². The quantitative estimate of drug-likeness (QED) is 0.667. The number of aromatic nitrogens is 2. The molecule has 0 spiro atoms. The molecule has 1 aromatic carbocycles. The van der Waals surface area contributed by atoms with Gasteiger partial charge < -0.3 is 15.4 Å². The number of anilines is 2. The average Bonchev–Trinajstić information content (AvgIpc) is 2.57. The van der Waals surface area contributed by atoms with Crippen LogP contribution >= 0.6 is 11.6 Å². The third-order valence-corrected chi connectivity index (χ3v) is 4.15. The van der Waals surface area contributed by atoms with Crippen LogP contribution in [0, 0.1) is 10.1 Å². The second-order valence-electron chi connectivity index (χ2n) is 5.43. The van der Waals surface area contributed by atoms with Crippen molar-refractivity contribution in [3.8, 4) is 5.75 Å². The summed E-state index contributed by atoms with van der Waals surface area (Å²) >= 11 is 6.10. The minimum Gasteiger partial charge on any atom is -0.489 e. The summed E-state index contributed by atoms with van der Waals surface area (Å²) in [5.41, 5.74) is 5.33. The first-order valence-corrected chi connectivity index (χ1v) is 7.85. The lowest BCUT2D eigenvalue weighted by atomic mass is 10.1. The van der Waals surface area contributed by atoms with E-state index in [1.807, 2.05) is 23.1 Å². The highest BCUT2D eigenvalue weighted by molar-refractivity contribution is 6.32. The van der Waals surface area contributed by atoms with Crippen molar-refractivity contribution in [2.75, 3.05) is 23.7 Å². The zero-order chi connectivity index (χ0) is 17.1. The van der Waals surface area contributed by atoms with Gasteiger partial charge >= 0.3 is 5.69 Å². The number of hydrogen-bond donors (Lipinski definition) is 1. The number of nitrogen functional groups attached to an aromatic ring is 1. The van der Waals surface area contributed by atoms with Crippen LogP contribution in [0.4, 0.5) is 17.5 Å². The summed E-state index contributed by atoms with van der Waals surface area (Å²) in [6.07, 6.45) is 2.73. The number of ether oxygens (including phenoxy) is 1. The van der Waals surface area contributed by atoms with Crippen molar-refractivity contribution in [3.63, 3.8) is 0 Å². The van der Waals surface area contributed by atoms with Crippen LogP contribution in [-0.2, 0) is 0 Å². The molecular formula is C15H16ClN5O3. The van der Waals surface area contributed by atoms with Crippen molar-refractivity contribution in [1.82, 2.24) is 9.97 Å². The first-order chi connectivity index (χ1) is 11.5. The van der Waals surface area contributed by atoms with E-state index < -0.39 is 4.92 Å². The van der Waals surface area contributed by atoms with Crippen LogP contribution in [0.2, 0.25) is 5.02 Å². The lowest BCUT2D eigenvalue weighted by Crippen LogP contribution is -2.39. The Kier molecular flexibility index (Phi) is 4.66. The van der Waals surface area contributed by atoms with E-state index >= 15 is 0 Å². The van der Waals surface area contributed by atoms with Crippen molar-refractivity contribution in [2.24, 2.45) is 0 Å². The Morgan fingerprint density at radius 1 is 1.33 bits per heavy atom. The Labute approximate surface area is 143 Å². The van der Waals surface area contributed by atoms with Crippen LogP contribution in [0.15, 0.2) is 30.5 Å². The predicted octanol–water partition coefficient (Wildman–Crippen LogP) is 2.67. The van der Waals surface area contributed by atoms with Gasteiger partial charge in [-0.25, -0.2) is 4.98 Å². The van der Waals surface area contributed by atoms with Crippen molar-refractivity contribution >= 4 is 29.1 Å². The molecule has 1 aliphatic rings. The van der Waals surface area contributed by atoms with Gasteiger partial charge in [0.15, 0.2) is 0 Å². The summed E-state index contributed by atoms with van der Waals surface area (Å²) in [6, 6.07) is 7.37. The van der Waals surface area contributed by atoms with Gasteiger partial charge in [0.1, 0.15) is 18.1 Å². The van der Waals surface area contributed by atoms with E-state index in [4.69, 9.17) is 22.1 Å². The SMILES string of the molecule is Nc1nc(N2CCC(Oc3ccccc3Cl)CC2)ncc1[N+](=O)[O-]. The second kappa shape index (κ2) is 6.88. The second-order valence-corrected chi connectivity index (χ2v) is 5.84. The molecule has 0 bridgehead atoms. The molecule has 1 fully saturated rings. The number of hydrogen-bond acceptors (Lipinski definition) is 7. The summed E-state index contributed by atoms with van der Waals surface area (Å²) in [6.45, 7) is 1.35. The molecule has 0 atom stereocenters. The van der Waals surface area contributed by atoms with Gasteiger partial charge in [-0.2, -0.15) is 4.98 Å². The van der Waals surface area contributed by atoms with Gasteiger partial charge in [-0.15, -0.1) is 0 Å². The fourth-order valence-corrected chi connectivity index (χ4v) is 2.75. The fraction of sp³-hybridized carbons (Fsp3) is 0.333. The van der Waals surface area contributed by atoms with E-state index in [2.05, 4.69) is 9.97 Å². The van der Waals surface area contributed by atoms with Crippen molar-refractivity contribution in [2.45, 2.75) is 18.9 Å². The molecule has 8 nitrogen and oxygen atoms in total. The molecule has 2 aromatic rings. The standard InChI is InChI=1S/C15H16ClN5O3/c16-11-3-1-2-4-13(11)24-10-5-7-20(8-6-10)15-18-9-12(21(22)23)14(17)19-15/h1-4,9-10H,5-8H2,(H2,17,18,19). The van der Waals surface area contributed by atoms with Crippen molar-refractivity contribution < 1.29 is 9.66 Å². The summed E-state index contributed by atoms with van der Waals surface area (Å²) < 4.78 is 5.93. The lowest BCUT2D eigenvalue weighted by molar-refractivity contribution is -0.384. The Bertz CT molecular complexity index is 750. The zero-order valence-corrected chi connectivity index (χ0v) is 13.5. The van der Waals surface area contributed by atoms with E-state index in [0.717, 1.165) is 19.0 Å². The topological polar surface area (TPSA) is 107 Å². The van der Waals surface area contributed by atoms with E-state index in [-0.39, 0.29) is 17.6 Å². The van der Waals surface area contributed by atoms with Crippen LogP contribution in [0.3, 0.4) is 0 Å². The van der Waals surface area contributed by atoms with Gasteiger partial charge in [-0.1, -0.05) is 23.7 Å². The first kappa shape index (κ1) is 16.3. The third-order valence-electron chi connectivity index (χ3n) is 3.84. The van der Waals surface area contributed by atoms with E-state index in [1.54, 1.807) is 6.07 Å². The molecule has 3 rings (SSSR count). The van der Waals surface area contributed by atoms with Crippen molar-refractivity contribution in [3.05, 3.63) is 45.6 Å². The minimum atomic E-state index is -0.594. The average molecular weight is 350 g/mol. The number of benzene rings is 1. The Morgan fingerprint density at radius 3 is 2.67 bits per heavy atom.